The van der Waals surface area contributed by atoms with Crippen LogP contribution in [0.3, 0.4) is 0 Å². The lowest BCUT2D eigenvalue weighted by molar-refractivity contribution is -0.127. The SMILES string of the molecule is CO[C@H]1CNC[C@H]1NC(=O)C(C1CC1)C1CC1. The van der Waals surface area contributed by atoms with Crippen molar-refractivity contribution >= 4 is 5.91 Å². The van der Waals surface area contributed by atoms with Crippen molar-refractivity contribution in [2.24, 2.45) is 17.8 Å². The summed E-state index contributed by atoms with van der Waals surface area (Å²) in [5.41, 5.74) is 0. The highest BCUT2D eigenvalue weighted by molar-refractivity contribution is 5.80. The Kier molecular flexibility index (Phi) is 3.09. The molecule has 3 fully saturated rings. The molecule has 1 amide bonds. The number of methoxy groups -OCH3 is 1. The van der Waals surface area contributed by atoms with Crippen LogP contribution in [0.1, 0.15) is 25.7 Å². The zero-order valence-corrected chi connectivity index (χ0v) is 10.4. The van der Waals surface area contributed by atoms with Crippen LogP contribution in [0.15, 0.2) is 0 Å². The number of carbonyl (C=O) groups excluding carboxylic acids is 1. The fraction of sp³-hybridized carbons (Fsp3) is 0.923. The van der Waals surface area contributed by atoms with Gasteiger partial charge in [-0.2, -0.15) is 0 Å². The number of nitrogens with one attached hydrogen (secondary N) is 2. The fourth-order valence-electron chi connectivity index (χ4n) is 3.05. The van der Waals surface area contributed by atoms with E-state index in [-0.39, 0.29) is 18.1 Å². The van der Waals surface area contributed by atoms with E-state index >= 15 is 0 Å². The number of rotatable bonds is 5. The van der Waals surface area contributed by atoms with Crippen LogP contribution in [0.5, 0.6) is 0 Å². The molecule has 1 saturated heterocycles. The molecule has 4 nitrogen and oxygen atoms in total. The van der Waals surface area contributed by atoms with Crippen molar-refractivity contribution in [1.29, 1.82) is 0 Å². The van der Waals surface area contributed by atoms with Crippen molar-refractivity contribution in [2.75, 3.05) is 20.2 Å². The van der Waals surface area contributed by atoms with E-state index in [1.807, 2.05) is 0 Å². The normalized spacial score (nSPS) is 33.1. The Hall–Kier alpha value is -0.610. The molecule has 96 valence electrons. The molecule has 0 radical (unpaired) electrons. The zero-order valence-electron chi connectivity index (χ0n) is 10.4. The largest absolute Gasteiger partial charge is 0.378 e. The van der Waals surface area contributed by atoms with Gasteiger partial charge in [-0.05, 0) is 37.5 Å². The number of carbonyl (C=O) groups is 1. The van der Waals surface area contributed by atoms with E-state index < -0.39 is 0 Å². The summed E-state index contributed by atoms with van der Waals surface area (Å²) in [6.07, 6.45) is 5.16. The quantitative estimate of drug-likeness (QED) is 0.734. The summed E-state index contributed by atoms with van der Waals surface area (Å²) in [5, 5.41) is 6.46. The van der Waals surface area contributed by atoms with Crippen LogP contribution in [0.2, 0.25) is 0 Å². The van der Waals surface area contributed by atoms with Gasteiger partial charge in [0.1, 0.15) is 0 Å². The van der Waals surface area contributed by atoms with Crippen molar-refractivity contribution in [3.05, 3.63) is 0 Å². The Morgan fingerprint density at radius 1 is 1.24 bits per heavy atom. The van der Waals surface area contributed by atoms with Gasteiger partial charge in [-0.3, -0.25) is 4.79 Å². The Morgan fingerprint density at radius 3 is 2.41 bits per heavy atom. The average molecular weight is 238 g/mol. The van der Waals surface area contributed by atoms with E-state index in [4.69, 9.17) is 4.74 Å². The second kappa shape index (κ2) is 4.58. The van der Waals surface area contributed by atoms with Gasteiger partial charge < -0.3 is 15.4 Å². The van der Waals surface area contributed by atoms with Crippen LogP contribution < -0.4 is 10.6 Å². The number of hydrogen-bond acceptors (Lipinski definition) is 3. The highest BCUT2D eigenvalue weighted by Crippen LogP contribution is 2.49. The Morgan fingerprint density at radius 2 is 1.88 bits per heavy atom. The first-order valence-corrected chi connectivity index (χ1v) is 6.83. The molecule has 3 aliphatic rings. The first-order valence-electron chi connectivity index (χ1n) is 6.83. The molecule has 0 aromatic carbocycles. The standard InChI is InChI=1S/C13H22N2O2/c1-17-11-7-14-6-10(11)15-13(16)12(8-2-3-8)9-4-5-9/h8-12,14H,2-7H2,1H3,(H,15,16)/t10-,11+/m1/s1. The molecule has 0 aromatic rings. The van der Waals surface area contributed by atoms with Gasteiger partial charge in [-0.1, -0.05) is 0 Å². The topological polar surface area (TPSA) is 50.4 Å². The van der Waals surface area contributed by atoms with Gasteiger partial charge in [0.2, 0.25) is 5.91 Å². The highest BCUT2D eigenvalue weighted by Gasteiger charge is 2.46. The molecule has 3 rings (SSSR count). The summed E-state index contributed by atoms with van der Waals surface area (Å²) in [6.45, 7) is 1.69. The monoisotopic (exact) mass is 238 g/mol. The molecule has 0 spiro atoms. The molecule has 2 N–H and O–H groups in total. The van der Waals surface area contributed by atoms with Gasteiger partial charge in [0, 0.05) is 26.1 Å². The molecule has 2 saturated carbocycles. The minimum absolute atomic E-state index is 0.137. The van der Waals surface area contributed by atoms with E-state index in [1.54, 1.807) is 7.11 Å². The van der Waals surface area contributed by atoms with Gasteiger partial charge in [0.05, 0.1) is 12.1 Å². The van der Waals surface area contributed by atoms with Crippen LogP contribution in [-0.2, 0) is 9.53 Å². The smallest absolute Gasteiger partial charge is 0.224 e. The van der Waals surface area contributed by atoms with Crippen LogP contribution >= 0.6 is 0 Å². The first-order chi connectivity index (χ1) is 8.29. The predicted octanol–water partition coefficient (Wildman–Crippen LogP) is 0.526. The van der Waals surface area contributed by atoms with Crippen LogP contribution in [-0.4, -0.2) is 38.3 Å². The first kappa shape index (κ1) is 11.5. The summed E-state index contributed by atoms with van der Waals surface area (Å²) in [6, 6.07) is 0.160. The zero-order chi connectivity index (χ0) is 11.8. The number of ether oxygens (including phenoxy) is 1. The molecular formula is C13H22N2O2. The molecule has 0 aromatic heterocycles. The fourth-order valence-corrected chi connectivity index (χ4v) is 3.05. The van der Waals surface area contributed by atoms with Crippen molar-refractivity contribution in [3.63, 3.8) is 0 Å². The Labute approximate surface area is 102 Å². The third-order valence-corrected chi connectivity index (χ3v) is 4.35. The highest BCUT2D eigenvalue weighted by atomic mass is 16.5. The second-order valence-electron chi connectivity index (χ2n) is 5.75. The summed E-state index contributed by atoms with van der Waals surface area (Å²) in [7, 11) is 1.72. The lowest BCUT2D eigenvalue weighted by Crippen LogP contribution is -2.46. The van der Waals surface area contributed by atoms with E-state index in [0.29, 0.717) is 17.8 Å². The maximum Gasteiger partial charge on any atom is 0.224 e. The molecule has 1 aliphatic heterocycles. The van der Waals surface area contributed by atoms with Crippen molar-refractivity contribution in [2.45, 2.75) is 37.8 Å². The van der Waals surface area contributed by atoms with Gasteiger partial charge >= 0.3 is 0 Å². The minimum atomic E-state index is 0.137. The molecular weight excluding hydrogens is 216 g/mol. The van der Waals surface area contributed by atoms with Crippen LogP contribution in [0.4, 0.5) is 0 Å². The van der Waals surface area contributed by atoms with Crippen LogP contribution in [0.25, 0.3) is 0 Å². The molecule has 17 heavy (non-hydrogen) atoms. The van der Waals surface area contributed by atoms with Crippen molar-refractivity contribution < 1.29 is 9.53 Å². The van der Waals surface area contributed by atoms with Crippen LogP contribution in [0, 0.1) is 17.8 Å². The molecule has 4 heteroatoms. The molecule has 2 atom stereocenters. The summed E-state index contributed by atoms with van der Waals surface area (Å²) in [4.78, 5) is 12.3. The Bertz CT molecular complexity index is 288. The summed E-state index contributed by atoms with van der Waals surface area (Å²) in [5.74, 6) is 1.94. The van der Waals surface area contributed by atoms with E-state index in [1.165, 1.54) is 25.7 Å². The maximum atomic E-state index is 12.3. The molecule has 1 heterocycles. The number of amides is 1. The minimum Gasteiger partial charge on any atom is -0.378 e. The van der Waals surface area contributed by atoms with Gasteiger partial charge in [0.15, 0.2) is 0 Å². The van der Waals surface area contributed by atoms with Gasteiger partial charge in [0.25, 0.3) is 0 Å². The third-order valence-electron chi connectivity index (χ3n) is 4.35. The average Bonchev–Trinajstić information content (AvgIpc) is 3.22. The number of hydrogen-bond donors (Lipinski definition) is 2. The molecule has 0 bridgehead atoms. The van der Waals surface area contributed by atoms with Gasteiger partial charge in [-0.25, -0.2) is 0 Å². The summed E-state index contributed by atoms with van der Waals surface area (Å²) < 4.78 is 5.38. The summed E-state index contributed by atoms with van der Waals surface area (Å²) >= 11 is 0. The molecule has 0 unspecified atom stereocenters. The third kappa shape index (κ3) is 2.47. The molecule has 2 aliphatic carbocycles. The van der Waals surface area contributed by atoms with Crippen molar-refractivity contribution in [3.8, 4) is 0 Å². The van der Waals surface area contributed by atoms with E-state index in [0.717, 1.165) is 13.1 Å². The lowest BCUT2D eigenvalue weighted by atomic mass is 9.96. The Balaban J connectivity index is 1.57. The predicted molar refractivity (Wildman–Crippen MR) is 64.5 cm³/mol. The van der Waals surface area contributed by atoms with E-state index in [2.05, 4.69) is 10.6 Å². The lowest BCUT2D eigenvalue weighted by Gasteiger charge is -2.22. The van der Waals surface area contributed by atoms with Crippen molar-refractivity contribution in [1.82, 2.24) is 10.6 Å². The van der Waals surface area contributed by atoms with Gasteiger partial charge in [-0.15, -0.1) is 0 Å². The maximum absolute atomic E-state index is 12.3. The van der Waals surface area contributed by atoms with E-state index in [9.17, 15) is 4.79 Å². The second-order valence-corrected chi connectivity index (χ2v) is 5.75.